The van der Waals surface area contributed by atoms with Crippen molar-refractivity contribution in [3.63, 3.8) is 0 Å². The maximum absolute atomic E-state index is 4.67. The molecule has 0 saturated carbocycles. The second kappa shape index (κ2) is 7.76. The van der Waals surface area contributed by atoms with E-state index in [1.165, 1.54) is 46.5 Å². The summed E-state index contributed by atoms with van der Waals surface area (Å²) in [5.41, 5.74) is 9.71. The highest BCUT2D eigenvalue weighted by Gasteiger charge is 2.23. The first kappa shape index (κ1) is 17.4. The third-order valence-corrected chi connectivity index (χ3v) is 6.22. The van der Waals surface area contributed by atoms with Crippen LogP contribution in [0.1, 0.15) is 35.2 Å². The van der Waals surface area contributed by atoms with Crippen LogP contribution in [0.3, 0.4) is 0 Å². The molecule has 0 fully saturated rings. The monoisotopic (exact) mass is 369 g/mol. The zero-order chi connectivity index (χ0) is 18.8. The number of aromatic amines is 1. The lowest BCUT2D eigenvalue weighted by atomic mass is 9.89. The number of fused-ring (bicyclic) bond motifs is 3. The van der Waals surface area contributed by atoms with Gasteiger partial charge in [-0.1, -0.05) is 66.2 Å². The molecule has 1 N–H and O–H groups in total. The van der Waals surface area contributed by atoms with Crippen molar-refractivity contribution in [1.82, 2.24) is 15.1 Å². The summed E-state index contributed by atoms with van der Waals surface area (Å²) < 4.78 is 0. The van der Waals surface area contributed by atoms with E-state index in [0.29, 0.717) is 0 Å². The molecule has 0 radical (unpaired) electrons. The molecule has 3 aromatic rings. The topological polar surface area (TPSA) is 31.9 Å². The van der Waals surface area contributed by atoms with E-state index in [4.69, 9.17) is 0 Å². The van der Waals surface area contributed by atoms with Crippen LogP contribution in [0.15, 0.2) is 66.2 Å². The van der Waals surface area contributed by atoms with Crippen molar-refractivity contribution in [3.05, 3.63) is 88.6 Å². The van der Waals surface area contributed by atoms with Gasteiger partial charge in [0.15, 0.2) is 0 Å². The summed E-state index contributed by atoms with van der Waals surface area (Å²) in [6.45, 7) is 3.17. The number of benzene rings is 2. The number of aryl methyl sites for hydroxylation is 2. The van der Waals surface area contributed by atoms with E-state index in [1.807, 2.05) is 0 Å². The zero-order valence-corrected chi connectivity index (χ0v) is 16.3. The highest BCUT2D eigenvalue weighted by molar-refractivity contribution is 5.70. The first-order valence-corrected chi connectivity index (χ1v) is 10.5. The first-order valence-electron chi connectivity index (χ1n) is 10.5. The SMILES string of the molecule is C1=C(CCc2ccccc2)CCN(Cc2[nH]nc3c2CCc2ccccc2-3)C1. The minimum Gasteiger partial charge on any atom is -0.294 e. The average molecular weight is 370 g/mol. The number of aromatic nitrogens is 2. The van der Waals surface area contributed by atoms with Gasteiger partial charge in [0, 0.05) is 30.8 Å². The van der Waals surface area contributed by atoms with Gasteiger partial charge in [-0.15, -0.1) is 0 Å². The third kappa shape index (κ3) is 3.55. The average Bonchev–Trinajstić information content (AvgIpc) is 3.17. The van der Waals surface area contributed by atoms with E-state index in [2.05, 4.69) is 75.8 Å². The molecule has 0 amide bonds. The Morgan fingerprint density at radius 3 is 2.61 bits per heavy atom. The van der Waals surface area contributed by atoms with E-state index in [1.54, 1.807) is 5.57 Å². The van der Waals surface area contributed by atoms with E-state index in [9.17, 15) is 0 Å². The van der Waals surface area contributed by atoms with Crippen molar-refractivity contribution >= 4 is 0 Å². The van der Waals surface area contributed by atoms with Crippen LogP contribution in [0.2, 0.25) is 0 Å². The molecule has 142 valence electrons. The molecule has 0 atom stereocenters. The van der Waals surface area contributed by atoms with Crippen LogP contribution in [0.5, 0.6) is 0 Å². The summed E-state index contributed by atoms with van der Waals surface area (Å²) in [4.78, 5) is 2.54. The zero-order valence-electron chi connectivity index (χ0n) is 16.3. The molecule has 0 unspecified atom stereocenters. The fraction of sp³-hybridized carbons (Fsp3) is 0.320. The summed E-state index contributed by atoms with van der Waals surface area (Å²) in [5.74, 6) is 0. The highest BCUT2D eigenvalue weighted by atomic mass is 15.2. The Labute approximate surface area is 167 Å². The molecule has 0 bridgehead atoms. The van der Waals surface area contributed by atoms with Gasteiger partial charge in [-0.25, -0.2) is 0 Å². The lowest BCUT2D eigenvalue weighted by molar-refractivity contribution is 0.280. The first-order chi connectivity index (χ1) is 13.9. The van der Waals surface area contributed by atoms with Crippen LogP contribution in [0, 0.1) is 0 Å². The Bertz CT molecular complexity index is 984. The smallest absolute Gasteiger partial charge is 0.0958 e. The minimum absolute atomic E-state index is 0.979. The second-order valence-corrected chi connectivity index (χ2v) is 8.02. The van der Waals surface area contributed by atoms with Gasteiger partial charge in [0.05, 0.1) is 11.4 Å². The summed E-state index contributed by atoms with van der Waals surface area (Å²) >= 11 is 0. The Balaban J connectivity index is 1.22. The van der Waals surface area contributed by atoms with Crippen molar-refractivity contribution in [2.24, 2.45) is 0 Å². The number of nitrogens with zero attached hydrogens (tertiary/aromatic N) is 2. The van der Waals surface area contributed by atoms with Gasteiger partial charge in [-0.2, -0.15) is 5.10 Å². The van der Waals surface area contributed by atoms with Crippen LogP contribution in [-0.2, 0) is 25.8 Å². The van der Waals surface area contributed by atoms with Gasteiger partial charge < -0.3 is 0 Å². The molecule has 1 aliphatic carbocycles. The van der Waals surface area contributed by atoms with Crippen LogP contribution in [-0.4, -0.2) is 28.2 Å². The van der Waals surface area contributed by atoms with Crippen molar-refractivity contribution in [3.8, 4) is 11.3 Å². The van der Waals surface area contributed by atoms with Crippen molar-refractivity contribution < 1.29 is 0 Å². The van der Waals surface area contributed by atoms with Gasteiger partial charge in [0.1, 0.15) is 0 Å². The minimum atomic E-state index is 0.979. The Hall–Kier alpha value is -2.65. The molecule has 2 heterocycles. The van der Waals surface area contributed by atoms with Crippen LogP contribution in [0.25, 0.3) is 11.3 Å². The van der Waals surface area contributed by atoms with Crippen LogP contribution in [0.4, 0.5) is 0 Å². The summed E-state index contributed by atoms with van der Waals surface area (Å²) in [6, 6.07) is 19.5. The van der Waals surface area contributed by atoms with Gasteiger partial charge in [0.2, 0.25) is 0 Å². The van der Waals surface area contributed by atoms with Crippen molar-refractivity contribution in [2.45, 2.75) is 38.6 Å². The van der Waals surface area contributed by atoms with Gasteiger partial charge >= 0.3 is 0 Å². The molecular weight excluding hydrogens is 342 g/mol. The molecule has 0 spiro atoms. The molecule has 3 nitrogen and oxygen atoms in total. The molecule has 1 aromatic heterocycles. The lowest BCUT2D eigenvalue weighted by Gasteiger charge is -2.26. The predicted octanol–water partition coefficient (Wildman–Crippen LogP) is 4.94. The number of rotatable bonds is 5. The number of hydrogen-bond donors (Lipinski definition) is 1. The van der Waals surface area contributed by atoms with Crippen LogP contribution >= 0.6 is 0 Å². The fourth-order valence-electron chi connectivity index (χ4n) is 4.55. The quantitative estimate of drug-likeness (QED) is 0.646. The maximum Gasteiger partial charge on any atom is 0.0958 e. The summed E-state index contributed by atoms with van der Waals surface area (Å²) in [5, 5.41) is 8.02. The molecule has 2 aliphatic rings. The lowest BCUT2D eigenvalue weighted by Crippen LogP contribution is -2.29. The summed E-state index contributed by atoms with van der Waals surface area (Å²) in [6.07, 6.45) is 8.20. The third-order valence-electron chi connectivity index (χ3n) is 6.22. The van der Waals surface area contributed by atoms with E-state index < -0.39 is 0 Å². The predicted molar refractivity (Wildman–Crippen MR) is 114 cm³/mol. The van der Waals surface area contributed by atoms with E-state index >= 15 is 0 Å². The second-order valence-electron chi connectivity index (χ2n) is 8.02. The van der Waals surface area contributed by atoms with Crippen molar-refractivity contribution in [1.29, 1.82) is 0 Å². The molecule has 3 heteroatoms. The Morgan fingerprint density at radius 1 is 0.893 bits per heavy atom. The van der Waals surface area contributed by atoms with Gasteiger partial charge in [-0.3, -0.25) is 10.00 Å². The number of hydrogen-bond acceptors (Lipinski definition) is 2. The fourth-order valence-corrected chi connectivity index (χ4v) is 4.55. The largest absolute Gasteiger partial charge is 0.294 e. The van der Waals surface area contributed by atoms with E-state index in [-0.39, 0.29) is 0 Å². The molecule has 28 heavy (non-hydrogen) atoms. The molecule has 2 aromatic carbocycles. The normalized spacial score (nSPS) is 16.4. The maximum atomic E-state index is 4.67. The van der Waals surface area contributed by atoms with Gasteiger partial charge in [-0.05, 0) is 43.2 Å². The molecule has 1 aliphatic heterocycles. The van der Waals surface area contributed by atoms with Crippen LogP contribution < -0.4 is 0 Å². The Morgan fingerprint density at radius 2 is 1.75 bits per heavy atom. The molecule has 5 rings (SSSR count). The molecular formula is C25H27N3. The van der Waals surface area contributed by atoms with Gasteiger partial charge in [0.25, 0.3) is 0 Å². The molecule has 0 saturated heterocycles. The number of nitrogens with one attached hydrogen (secondary N) is 1. The number of H-pyrrole nitrogens is 1. The summed E-state index contributed by atoms with van der Waals surface area (Å²) in [7, 11) is 0. The standard InChI is InChI=1S/C25H27N3/c1-2-6-19(7-3-1)10-11-20-14-16-28(17-15-20)18-24-23-13-12-21-8-4-5-9-22(21)25(23)27-26-24/h1-9,14H,10-13,15-18H2,(H,26,27). The van der Waals surface area contributed by atoms with E-state index in [0.717, 1.165) is 38.9 Å². The van der Waals surface area contributed by atoms with Crippen molar-refractivity contribution in [2.75, 3.05) is 13.1 Å². The highest BCUT2D eigenvalue weighted by Crippen LogP contribution is 2.33. The Kier molecular flexibility index (Phi) is 4.84.